The molecule has 2 aromatic carbocycles. The maximum Gasteiger partial charge on any atom is 0.290 e. The normalized spacial score (nSPS) is 16.2. The molecule has 9 nitrogen and oxygen atoms in total. The summed E-state index contributed by atoms with van der Waals surface area (Å²) in [7, 11) is 0. The fraction of sp³-hybridized carbons (Fsp3) is 0.217. The summed E-state index contributed by atoms with van der Waals surface area (Å²) in [6, 6.07) is 13.6. The highest BCUT2D eigenvalue weighted by molar-refractivity contribution is 6.14. The number of ether oxygens (including phenoxy) is 1. The van der Waals surface area contributed by atoms with Crippen LogP contribution in [0.3, 0.4) is 0 Å². The molecule has 0 spiro atoms. The van der Waals surface area contributed by atoms with Crippen molar-refractivity contribution < 1.29 is 29.5 Å². The van der Waals surface area contributed by atoms with Crippen molar-refractivity contribution in [1.29, 1.82) is 0 Å². The van der Waals surface area contributed by atoms with E-state index in [1.165, 1.54) is 35.2 Å². The van der Waals surface area contributed by atoms with Crippen molar-refractivity contribution in [3.63, 3.8) is 0 Å². The minimum atomic E-state index is -0.936. The molecule has 3 rings (SSSR count). The molecule has 2 N–H and O–H groups in total. The fourth-order valence-corrected chi connectivity index (χ4v) is 3.42. The Kier molecular flexibility index (Phi) is 7.48. The van der Waals surface area contributed by atoms with Gasteiger partial charge in [0.05, 0.1) is 36.4 Å². The van der Waals surface area contributed by atoms with Crippen molar-refractivity contribution in [3.8, 4) is 0 Å². The van der Waals surface area contributed by atoms with E-state index in [9.17, 15) is 24.8 Å². The van der Waals surface area contributed by atoms with Crippen molar-refractivity contribution >= 4 is 23.5 Å². The van der Waals surface area contributed by atoms with Gasteiger partial charge in [-0.05, 0) is 29.3 Å². The molecule has 1 unspecified atom stereocenters. The highest BCUT2D eigenvalue weighted by atomic mass is 16.6. The first-order valence-electron chi connectivity index (χ1n) is 9.88. The second-order valence-corrected chi connectivity index (χ2v) is 6.96. The molecule has 166 valence electrons. The van der Waals surface area contributed by atoms with E-state index in [2.05, 4.69) is 0 Å². The predicted octanol–water partition coefficient (Wildman–Crippen LogP) is 2.58. The number of ketones is 1. The molecule has 1 aliphatic rings. The highest BCUT2D eigenvalue weighted by Crippen LogP contribution is 2.38. The fourth-order valence-electron chi connectivity index (χ4n) is 3.42. The molecule has 0 aliphatic carbocycles. The van der Waals surface area contributed by atoms with Gasteiger partial charge in [-0.15, -0.1) is 0 Å². The highest BCUT2D eigenvalue weighted by Gasteiger charge is 2.42. The predicted molar refractivity (Wildman–Crippen MR) is 116 cm³/mol. The topological polar surface area (TPSA) is 130 Å². The largest absolute Gasteiger partial charge is 0.503 e. The number of nitro groups is 1. The van der Waals surface area contributed by atoms with Crippen LogP contribution in [-0.2, 0) is 14.3 Å². The molecule has 0 aromatic heterocycles. The van der Waals surface area contributed by atoms with Gasteiger partial charge in [0.15, 0.2) is 11.5 Å². The molecule has 32 heavy (non-hydrogen) atoms. The van der Waals surface area contributed by atoms with E-state index in [-0.39, 0.29) is 37.6 Å². The first kappa shape index (κ1) is 22.9. The van der Waals surface area contributed by atoms with Gasteiger partial charge in [0.2, 0.25) is 0 Å². The lowest BCUT2D eigenvalue weighted by molar-refractivity contribution is -0.384. The van der Waals surface area contributed by atoms with Crippen LogP contribution < -0.4 is 0 Å². The van der Waals surface area contributed by atoms with Crippen molar-refractivity contribution in [2.45, 2.75) is 6.04 Å². The Morgan fingerprint density at radius 3 is 2.44 bits per heavy atom. The van der Waals surface area contributed by atoms with Gasteiger partial charge in [0.25, 0.3) is 11.6 Å². The minimum absolute atomic E-state index is 0.0454. The van der Waals surface area contributed by atoms with Crippen LogP contribution in [-0.4, -0.2) is 58.1 Å². The number of amides is 1. The molecule has 0 fully saturated rings. The number of rotatable bonds is 10. The third-order valence-corrected chi connectivity index (χ3v) is 4.93. The summed E-state index contributed by atoms with van der Waals surface area (Å²) < 4.78 is 5.23. The second kappa shape index (κ2) is 10.5. The monoisotopic (exact) mass is 438 g/mol. The number of allylic oxidation sites excluding steroid dienone is 1. The van der Waals surface area contributed by atoms with Gasteiger partial charge in [0, 0.05) is 18.7 Å². The van der Waals surface area contributed by atoms with E-state index in [0.29, 0.717) is 5.56 Å². The Morgan fingerprint density at radius 1 is 1.12 bits per heavy atom. The van der Waals surface area contributed by atoms with Gasteiger partial charge in [-0.1, -0.05) is 36.4 Å². The van der Waals surface area contributed by atoms with Crippen LogP contribution in [0.5, 0.6) is 0 Å². The van der Waals surface area contributed by atoms with Gasteiger partial charge in [-0.3, -0.25) is 19.7 Å². The van der Waals surface area contributed by atoms with Crippen molar-refractivity contribution in [3.05, 3.63) is 93.2 Å². The number of non-ortho nitro benzene ring substituents is 1. The van der Waals surface area contributed by atoms with Gasteiger partial charge in [0.1, 0.15) is 0 Å². The Bertz CT molecular complexity index is 1050. The zero-order chi connectivity index (χ0) is 23.1. The number of carbonyl (C=O) groups excluding carboxylic acids is 2. The van der Waals surface area contributed by atoms with Crippen LogP contribution in [0.15, 0.2) is 72.0 Å². The van der Waals surface area contributed by atoms with E-state index in [1.54, 1.807) is 18.2 Å². The number of hydrogen-bond donors (Lipinski definition) is 2. The summed E-state index contributed by atoms with van der Waals surface area (Å²) >= 11 is 0. The van der Waals surface area contributed by atoms with Gasteiger partial charge in [-0.25, -0.2) is 0 Å². The van der Waals surface area contributed by atoms with Gasteiger partial charge < -0.3 is 19.8 Å². The third-order valence-electron chi connectivity index (χ3n) is 4.93. The maximum atomic E-state index is 13.0. The van der Waals surface area contributed by atoms with E-state index in [4.69, 9.17) is 9.84 Å². The Hall–Kier alpha value is -3.82. The number of hydrogen-bond acceptors (Lipinski definition) is 7. The molecule has 0 saturated carbocycles. The molecule has 1 aliphatic heterocycles. The lowest BCUT2D eigenvalue weighted by Crippen LogP contribution is -2.34. The van der Waals surface area contributed by atoms with Crippen LogP contribution in [0.4, 0.5) is 5.69 Å². The molecule has 2 aromatic rings. The number of aliphatic hydroxyl groups excluding tert-OH is 2. The molecule has 0 radical (unpaired) electrons. The first-order valence-corrected chi connectivity index (χ1v) is 9.88. The Labute approximate surface area is 184 Å². The molecule has 1 heterocycles. The van der Waals surface area contributed by atoms with Crippen molar-refractivity contribution in [2.24, 2.45) is 0 Å². The van der Waals surface area contributed by atoms with E-state index in [1.807, 2.05) is 18.2 Å². The van der Waals surface area contributed by atoms with E-state index < -0.39 is 28.4 Å². The number of nitrogens with zero attached hydrogens (tertiary/aromatic N) is 2. The second-order valence-electron chi connectivity index (χ2n) is 6.96. The lowest BCUT2D eigenvalue weighted by atomic mass is 9.95. The van der Waals surface area contributed by atoms with Crippen LogP contribution >= 0.6 is 0 Å². The lowest BCUT2D eigenvalue weighted by Gasteiger charge is -2.26. The molecule has 1 amide bonds. The summed E-state index contributed by atoms with van der Waals surface area (Å²) in [5.41, 5.74) is 0.956. The molecule has 1 atom stereocenters. The smallest absolute Gasteiger partial charge is 0.290 e. The maximum absolute atomic E-state index is 13.0. The zero-order valence-electron chi connectivity index (χ0n) is 17.1. The standard InChI is InChI=1S/C23H22N2O7/c26-13-15-32-14-12-24-21(17-7-9-18(10-8-17)25(30)31)20(22(28)23(24)29)19(27)11-6-16-4-2-1-3-5-16/h1-11,21,26,28H,12-15H2/b11-6+. The van der Waals surface area contributed by atoms with Crippen LogP contribution in [0.2, 0.25) is 0 Å². The molecule has 0 saturated heterocycles. The van der Waals surface area contributed by atoms with Crippen LogP contribution in [0.25, 0.3) is 6.08 Å². The zero-order valence-corrected chi connectivity index (χ0v) is 17.1. The number of aliphatic hydroxyl groups is 2. The average molecular weight is 438 g/mol. The van der Waals surface area contributed by atoms with Crippen molar-refractivity contribution in [2.75, 3.05) is 26.4 Å². The summed E-state index contributed by atoms with van der Waals surface area (Å²) in [6.45, 7) is 0.0145. The summed E-state index contributed by atoms with van der Waals surface area (Å²) in [5, 5.41) is 30.4. The van der Waals surface area contributed by atoms with Crippen molar-refractivity contribution in [1.82, 2.24) is 4.90 Å². The molecular formula is C23H22N2O7. The molecular weight excluding hydrogens is 416 g/mol. The molecule has 9 heteroatoms. The summed E-state index contributed by atoms with van der Waals surface area (Å²) in [6.07, 6.45) is 2.85. The summed E-state index contributed by atoms with van der Waals surface area (Å²) in [5.74, 6) is -1.96. The average Bonchev–Trinajstić information content (AvgIpc) is 3.06. The number of nitro benzene ring substituents is 1. The SMILES string of the molecule is O=C(/C=C/c1ccccc1)C1=C(O)C(=O)N(CCOCCO)C1c1ccc([N+](=O)[O-])cc1. The third kappa shape index (κ3) is 5.08. The van der Waals surface area contributed by atoms with Gasteiger partial charge >= 0.3 is 0 Å². The number of carbonyl (C=O) groups is 2. The van der Waals surface area contributed by atoms with E-state index >= 15 is 0 Å². The minimum Gasteiger partial charge on any atom is -0.503 e. The number of benzene rings is 2. The van der Waals surface area contributed by atoms with Gasteiger partial charge in [-0.2, -0.15) is 0 Å². The van der Waals surface area contributed by atoms with Crippen LogP contribution in [0.1, 0.15) is 17.2 Å². The summed E-state index contributed by atoms with van der Waals surface area (Å²) in [4.78, 5) is 37.5. The van der Waals surface area contributed by atoms with Crippen LogP contribution in [0, 0.1) is 10.1 Å². The first-order chi connectivity index (χ1) is 15.4. The quantitative estimate of drug-likeness (QED) is 0.252. The van der Waals surface area contributed by atoms with E-state index in [0.717, 1.165) is 5.56 Å². The Balaban J connectivity index is 1.94. The Morgan fingerprint density at radius 2 is 1.81 bits per heavy atom. The molecule has 0 bridgehead atoms.